The van der Waals surface area contributed by atoms with Gasteiger partial charge in [-0.05, 0) is 47.7 Å². The number of hydrogen-bond donors (Lipinski definition) is 1. The molecule has 0 spiro atoms. The van der Waals surface area contributed by atoms with Crippen LogP contribution in [0.5, 0.6) is 5.75 Å². The third-order valence-electron chi connectivity index (χ3n) is 5.81. The van der Waals surface area contributed by atoms with Crippen LogP contribution in [0.1, 0.15) is 18.4 Å². The first-order valence-corrected chi connectivity index (χ1v) is 14.1. The number of esters is 1. The predicted molar refractivity (Wildman–Crippen MR) is 132 cm³/mol. The van der Waals surface area contributed by atoms with Crippen molar-refractivity contribution in [3.05, 3.63) is 58.4 Å². The number of nitrogens with two attached hydrogens (primary N) is 1. The topological polar surface area (TPSA) is 61.5 Å². The van der Waals surface area contributed by atoms with E-state index >= 15 is 0 Å². The van der Waals surface area contributed by atoms with Crippen LogP contribution in [0, 0.1) is 0 Å². The van der Waals surface area contributed by atoms with Crippen LogP contribution in [0.2, 0.25) is 16.9 Å². The summed E-state index contributed by atoms with van der Waals surface area (Å²) in [5.74, 6) is 0.690. The van der Waals surface area contributed by atoms with Crippen LogP contribution in [0.4, 0.5) is 5.69 Å². The summed E-state index contributed by atoms with van der Waals surface area (Å²) in [6.45, 7) is 2.79. The standard InChI is InChI=1S/C24H26ClNO3SSi/c1-28-20-13-16(22-19(26)14-21(25)30-22)5-8-18(20)15-3-6-17(7-4-15)24(9-10-24)23(27)29-11-12-31-2/h3-8,13-14H,9-12,26,31H2,1-2H3. The van der Waals surface area contributed by atoms with Crippen molar-refractivity contribution in [2.24, 2.45) is 0 Å². The summed E-state index contributed by atoms with van der Waals surface area (Å²) >= 11 is 7.56. The van der Waals surface area contributed by atoms with Gasteiger partial charge in [0.1, 0.15) is 5.75 Å². The molecule has 2 aromatic carbocycles. The third-order valence-corrected chi connectivity index (χ3v) is 8.14. The molecule has 2 N–H and O–H groups in total. The van der Waals surface area contributed by atoms with Crippen LogP contribution in [-0.4, -0.2) is 29.2 Å². The first kappa shape index (κ1) is 21.9. The Morgan fingerprint density at radius 2 is 1.87 bits per heavy atom. The molecular formula is C24H26ClNO3SSi. The van der Waals surface area contributed by atoms with Gasteiger partial charge in [0.2, 0.25) is 0 Å². The van der Waals surface area contributed by atoms with Crippen molar-refractivity contribution in [2.75, 3.05) is 19.5 Å². The van der Waals surface area contributed by atoms with E-state index in [0.717, 1.165) is 51.8 Å². The molecule has 0 radical (unpaired) electrons. The zero-order chi connectivity index (χ0) is 22.0. The van der Waals surface area contributed by atoms with Gasteiger partial charge in [-0.25, -0.2) is 0 Å². The van der Waals surface area contributed by atoms with Crippen molar-refractivity contribution in [3.8, 4) is 27.3 Å². The molecule has 162 valence electrons. The summed E-state index contributed by atoms with van der Waals surface area (Å²) in [4.78, 5) is 13.5. The van der Waals surface area contributed by atoms with Crippen molar-refractivity contribution < 1.29 is 14.3 Å². The smallest absolute Gasteiger partial charge is 0.316 e. The van der Waals surface area contributed by atoms with Crippen molar-refractivity contribution in [3.63, 3.8) is 0 Å². The van der Waals surface area contributed by atoms with Crippen molar-refractivity contribution in [1.82, 2.24) is 0 Å². The first-order valence-electron chi connectivity index (χ1n) is 10.5. The van der Waals surface area contributed by atoms with Gasteiger partial charge in [-0.3, -0.25) is 4.79 Å². The lowest BCUT2D eigenvalue weighted by Crippen LogP contribution is -2.23. The van der Waals surface area contributed by atoms with E-state index in [2.05, 4.69) is 18.7 Å². The van der Waals surface area contributed by atoms with Crippen molar-refractivity contribution in [1.29, 1.82) is 0 Å². The number of methoxy groups -OCH3 is 1. The minimum atomic E-state index is -0.447. The van der Waals surface area contributed by atoms with E-state index in [0.29, 0.717) is 16.6 Å². The van der Waals surface area contributed by atoms with E-state index in [4.69, 9.17) is 26.8 Å². The van der Waals surface area contributed by atoms with Gasteiger partial charge in [0.15, 0.2) is 0 Å². The number of ether oxygens (including phenoxy) is 2. The number of hydrogen-bond acceptors (Lipinski definition) is 5. The van der Waals surface area contributed by atoms with E-state index in [1.165, 1.54) is 11.3 Å². The lowest BCUT2D eigenvalue weighted by molar-refractivity contribution is -0.146. The van der Waals surface area contributed by atoms with Gasteiger partial charge in [0.05, 0.1) is 34.0 Å². The van der Waals surface area contributed by atoms with Crippen LogP contribution in [0.3, 0.4) is 0 Å². The fraction of sp³-hybridized carbons (Fsp3) is 0.292. The Morgan fingerprint density at radius 3 is 2.45 bits per heavy atom. The van der Waals surface area contributed by atoms with Gasteiger partial charge < -0.3 is 15.2 Å². The Kier molecular flexibility index (Phi) is 6.41. The molecule has 0 unspecified atom stereocenters. The molecule has 1 saturated carbocycles. The Bertz CT molecular complexity index is 1090. The van der Waals surface area contributed by atoms with Gasteiger partial charge in [-0.15, -0.1) is 11.3 Å². The first-order chi connectivity index (χ1) is 15.0. The minimum Gasteiger partial charge on any atom is -0.496 e. The van der Waals surface area contributed by atoms with E-state index in [1.807, 2.05) is 30.3 Å². The molecule has 1 aliphatic carbocycles. The Hall–Kier alpha value is -2.28. The van der Waals surface area contributed by atoms with Crippen LogP contribution in [0.25, 0.3) is 21.6 Å². The highest BCUT2D eigenvalue weighted by atomic mass is 35.5. The number of halogens is 1. The van der Waals surface area contributed by atoms with Crippen LogP contribution >= 0.6 is 22.9 Å². The zero-order valence-corrected chi connectivity index (χ0v) is 20.7. The molecule has 1 heterocycles. The van der Waals surface area contributed by atoms with E-state index in [-0.39, 0.29) is 15.5 Å². The summed E-state index contributed by atoms with van der Waals surface area (Å²) in [6.07, 6.45) is 1.72. The number of rotatable bonds is 8. The van der Waals surface area contributed by atoms with Gasteiger partial charge in [0.25, 0.3) is 0 Å². The molecule has 0 amide bonds. The number of thiophene rings is 1. The zero-order valence-electron chi connectivity index (χ0n) is 17.7. The second-order valence-electron chi connectivity index (χ2n) is 7.90. The van der Waals surface area contributed by atoms with E-state index in [1.54, 1.807) is 13.2 Å². The molecule has 4 nitrogen and oxygen atoms in total. The monoisotopic (exact) mass is 471 g/mol. The van der Waals surface area contributed by atoms with Crippen molar-refractivity contribution >= 4 is 44.1 Å². The predicted octanol–water partition coefficient (Wildman–Crippen LogP) is 5.54. The average molecular weight is 472 g/mol. The maximum absolute atomic E-state index is 12.6. The van der Waals surface area contributed by atoms with Crippen LogP contribution in [-0.2, 0) is 14.9 Å². The van der Waals surface area contributed by atoms with Gasteiger partial charge in [-0.1, -0.05) is 54.5 Å². The number of carbonyl (C=O) groups is 1. The highest BCUT2D eigenvalue weighted by molar-refractivity contribution is 7.20. The summed E-state index contributed by atoms with van der Waals surface area (Å²) < 4.78 is 11.9. The molecule has 0 aliphatic heterocycles. The maximum Gasteiger partial charge on any atom is 0.316 e. The molecular weight excluding hydrogens is 446 g/mol. The minimum absolute atomic E-state index is 0.0724. The van der Waals surface area contributed by atoms with Crippen LogP contribution in [0.15, 0.2) is 48.5 Å². The molecule has 1 aliphatic rings. The molecule has 7 heteroatoms. The normalized spacial score (nSPS) is 14.7. The lowest BCUT2D eigenvalue weighted by Gasteiger charge is -2.16. The van der Waals surface area contributed by atoms with E-state index in [9.17, 15) is 4.79 Å². The fourth-order valence-corrected chi connectivity index (χ4v) is 5.41. The SMILES string of the molecule is COc1cc(-c2sc(Cl)cc2N)ccc1-c1ccc(C2(C(=O)OCC[SiH2]C)CC2)cc1. The largest absolute Gasteiger partial charge is 0.496 e. The number of nitrogen functional groups attached to an aromatic ring is 1. The Morgan fingerprint density at radius 1 is 1.16 bits per heavy atom. The molecule has 1 aromatic heterocycles. The summed E-state index contributed by atoms with van der Waals surface area (Å²) in [5, 5.41) is 0. The summed E-state index contributed by atoms with van der Waals surface area (Å²) in [7, 11) is 1.58. The molecule has 31 heavy (non-hydrogen) atoms. The molecule has 1 fully saturated rings. The summed E-state index contributed by atoms with van der Waals surface area (Å²) in [5.41, 5.74) is 10.3. The number of anilines is 1. The second kappa shape index (κ2) is 9.07. The van der Waals surface area contributed by atoms with Gasteiger partial charge in [0, 0.05) is 15.1 Å². The molecule has 0 atom stereocenters. The fourth-order valence-electron chi connectivity index (χ4n) is 3.82. The second-order valence-corrected chi connectivity index (χ2v) is 11.3. The maximum atomic E-state index is 12.6. The average Bonchev–Trinajstić information content (AvgIpc) is 3.52. The van der Waals surface area contributed by atoms with Crippen molar-refractivity contribution in [2.45, 2.75) is 30.8 Å². The Labute approximate surface area is 194 Å². The molecule has 0 saturated heterocycles. The third kappa shape index (κ3) is 4.38. The van der Waals surface area contributed by atoms with Crippen LogP contribution < -0.4 is 10.5 Å². The van der Waals surface area contributed by atoms with Gasteiger partial charge >= 0.3 is 5.97 Å². The quantitative estimate of drug-likeness (QED) is 0.266. The number of benzene rings is 2. The highest BCUT2D eigenvalue weighted by Crippen LogP contribution is 2.50. The molecule has 4 rings (SSSR count). The Balaban J connectivity index is 1.58. The van der Waals surface area contributed by atoms with Gasteiger partial charge in [-0.2, -0.15) is 0 Å². The number of carbonyl (C=O) groups excluding carboxylic acids is 1. The lowest BCUT2D eigenvalue weighted by atomic mass is 9.93. The molecule has 3 aromatic rings. The summed E-state index contributed by atoms with van der Waals surface area (Å²) in [6, 6.07) is 17.0. The highest BCUT2D eigenvalue weighted by Gasteiger charge is 2.52. The molecule has 0 bridgehead atoms. The van der Waals surface area contributed by atoms with E-state index < -0.39 is 5.41 Å².